The molecule has 0 fully saturated rings. The SMILES string of the molecule is Oc1cc(O)c2c(c1)O[C@H](c1cc(O)c(O)c(O)c1)[C@@H](O)[C@@H]2c1c(O)cc(O)c2c1O[C@H](c1ccc(O)c(O)c1)[C@@H](O)[C@H]2c1c(O)cc(O)c2c1O[C@@H](c1ccc(O)c(O)c1)[C@H](O)C2. The minimum absolute atomic E-state index is 0.0400. The van der Waals surface area contributed by atoms with Gasteiger partial charge >= 0.3 is 0 Å². The summed E-state index contributed by atoms with van der Waals surface area (Å²) in [6, 6.07) is 12.5. The third-order valence-electron chi connectivity index (χ3n) is 11.9. The van der Waals surface area contributed by atoms with Gasteiger partial charge in [-0.2, -0.15) is 0 Å². The standard InChI is InChI=1S/C45H38O19/c46-17-9-24(52)32-31(10-17)62-43(16-7-28(56)38(59)29(57)8-16)39(60)36(32)34-26(54)13-27(55)35-37(40(61)42(64-45(34)35)15-2-4-20(48)23(51)6-15)33-25(53)12-21(49)18-11-30(58)41(63-44(18)33)14-1-3-19(47)22(50)5-14/h1-10,12-13,30,36-37,39-43,46-61H,11H2/t30-,36+,37+,39+,40+,41+,42-,43-/m1/s1. The second kappa shape index (κ2) is 14.8. The van der Waals surface area contributed by atoms with Gasteiger partial charge in [0.2, 0.25) is 0 Å². The fourth-order valence-electron chi connectivity index (χ4n) is 9.01. The van der Waals surface area contributed by atoms with Crippen molar-refractivity contribution in [2.24, 2.45) is 0 Å². The quantitative estimate of drug-likeness (QED) is 0.108. The first-order valence-electron chi connectivity index (χ1n) is 19.4. The molecule has 9 rings (SSSR count). The fraction of sp³-hybridized carbons (Fsp3) is 0.200. The number of rotatable bonds is 5. The largest absolute Gasteiger partial charge is 0.508 e. The summed E-state index contributed by atoms with van der Waals surface area (Å²) >= 11 is 0. The predicted octanol–water partition coefficient (Wildman–Crippen LogP) is 4.15. The van der Waals surface area contributed by atoms with E-state index in [4.69, 9.17) is 14.2 Å². The van der Waals surface area contributed by atoms with Crippen LogP contribution < -0.4 is 14.2 Å². The van der Waals surface area contributed by atoms with E-state index in [1.807, 2.05) is 0 Å². The third kappa shape index (κ3) is 6.40. The van der Waals surface area contributed by atoms with E-state index in [0.717, 1.165) is 60.7 Å². The Kier molecular flexibility index (Phi) is 9.58. The average molecular weight is 883 g/mol. The van der Waals surface area contributed by atoms with E-state index in [0.29, 0.717) is 0 Å². The molecule has 19 nitrogen and oxygen atoms in total. The number of aromatic hydroxyl groups is 13. The number of hydrogen-bond acceptors (Lipinski definition) is 19. The molecule has 6 aromatic carbocycles. The molecular formula is C45H38O19. The van der Waals surface area contributed by atoms with Crippen molar-refractivity contribution in [2.45, 2.75) is 54.9 Å². The van der Waals surface area contributed by atoms with Crippen LogP contribution in [0.15, 0.2) is 72.8 Å². The Bertz CT molecular complexity index is 2870. The van der Waals surface area contributed by atoms with Crippen LogP contribution in [0.2, 0.25) is 0 Å². The predicted molar refractivity (Wildman–Crippen MR) is 216 cm³/mol. The molecule has 0 spiro atoms. The Hall–Kier alpha value is -8.00. The molecule has 3 aliphatic rings. The zero-order valence-electron chi connectivity index (χ0n) is 32.6. The van der Waals surface area contributed by atoms with Crippen LogP contribution in [-0.4, -0.2) is 100 Å². The summed E-state index contributed by atoms with van der Waals surface area (Å²) in [6.07, 6.45) is -10.3. The van der Waals surface area contributed by atoms with Crippen LogP contribution >= 0.6 is 0 Å². The van der Waals surface area contributed by atoms with Crippen molar-refractivity contribution < 1.29 is 95.9 Å². The Labute approximate surface area is 359 Å². The van der Waals surface area contributed by atoms with Crippen molar-refractivity contribution in [3.8, 4) is 92.0 Å². The van der Waals surface area contributed by atoms with Crippen molar-refractivity contribution in [3.05, 3.63) is 117 Å². The highest BCUT2D eigenvalue weighted by atomic mass is 16.5. The van der Waals surface area contributed by atoms with Crippen LogP contribution in [0.4, 0.5) is 0 Å². The van der Waals surface area contributed by atoms with E-state index in [1.54, 1.807) is 0 Å². The Morgan fingerprint density at radius 3 is 1.39 bits per heavy atom. The average Bonchev–Trinajstić information content (AvgIpc) is 3.23. The molecule has 64 heavy (non-hydrogen) atoms. The minimum Gasteiger partial charge on any atom is -0.508 e. The molecule has 8 atom stereocenters. The maximum atomic E-state index is 12.5. The Balaban J connectivity index is 1.31. The van der Waals surface area contributed by atoms with Gasteiger partial charge in [-0.1, -0.05) is 12.1 Å². The first-order valence-corrected chi connectivity index (χ1v) is 19.4. The summed E-state index contributed by atoms with van der Waals surface area (Å²) in [5.74, 6) is -13.5. The zero-order chi connectivity index (χ0) is 45.8. The lowest BCUT2D eigenvalue weighted by atomic mass is 9.73. The van der Waals surface area contributed by atoms with Gasteiger partial charge in [-0.25, -0.2) is 0 Å². The number of hydrogen-bond donors (Lipinski definition) is 16. The van der Waals surface area contributed by atoms with Gasteiger partial charge in [0.1, 0.15) is 70.1 Å². The fourth-order valence-corrected chi connectivity index (χ4v) is 9.01. The number of phenols is 13. The second-order valence-corrected chi connectivity index (χ2v) is 15.8. The van der Waals surface area contributed by atoms with Crippen molar-refractivity contribution in [1.82, 2.24) is 0 Å². The van der Waals surface area contributed by atoms with E-state index < -0.39 is 140 Å². The number of benzene rings is 6. The van der Waals surface area contributed by atoms with Gasteiger partial charge in [0.05, 0.1) is 17.9 Å². The molecule has 0 bridgehead atoms. The maximum absolute atomic E-state index is 12.5. The summed E-state index contributed by atoms with van der Waals surface area (Å²) in [6.45, 7) is 0. The summed E-state index contributed by atoms with van der Waals surface area (Å²) < 4.78 is 18.8. The molecule has 332 valence electrons. The van der Waals surface area contributed by atoms with Crippen LogP contribution in [0.5, 0.6) is 92.0 Å². The van der Waals surface area contributed by atoms with E-state index in [-0.39, 0.29) is 51.3 Å². The first-order chi connectivity index (χ1) is 30.3. The molecule has 0 saturated heterocycles. The zero-order valence-corrected chi connectivity index (χ0v) is 32.6. The number of phenolic OH excluding ortho intramolecular Hbond substituents is 13. The van der Waals surface area contributed by atoms with Gasteiger partial charge in [0.25, 0.3) is 0 Å². The highest BCUT2D eigenvalue weighted by Crippen LogP contribution is 2.62. The summed E-state index contributed by atoms with van der Waals surface area (Å²) in [5.41, 5.74) is -1.58. The summed E-state index contributed by atoms with van der Waals surface area (Å²) in [5, 5.41) is 177. The van der Waals surface area contributed by atoms with E-state index in [2.05, 4.69) is 0 Å². The molecule has 3 heterocycles. The molecule has 19 heteroatoms. The second-order valence-electron chi connectivity index (χ2n) is 15.8. The molecule has 16 N–H and O–H groups in total. The van der Waals surface area contributed by atoms with Crippen molar-refractivity contribution in [3.63, 3.8) is 0 Å². The first kappa shape index (κ1) is 41.4. The highest BCUT2D eigenvalue weighted by molar-refractivity contribution is 5.71. The van der Waals surface area contributed by atoms with Crippen LogP contribution in [0.1, 0.15) is 74.7 Å². The Morgan fingerprint density at radius 1 is 0.375 bits per heavy atom. The van der Waals surface area contributed by atoms with E-state index in [9.17, 15) is 81.7 Å². The van der Waals surface area contributed by atoms with Crippen LogP contribution in [-0.2, 0) is 6.42 Å². The molecule has 0 saturated carbocycles. The van der Waals surface area contributed by atoms with Gasteiger partial charge in [0.15, 0.2) is 52.5 Å². The monoisotopic (exact) mass is 882 g/mol. The summed E-state index contributed by atoms with van der Waals surface area (Å²) in [4.78, 5) is 0. The summed E-state index contributed by atoms with van der Waals surface area (Å²) in [7, 11) is 0. The molecule has 0 radical (unpaired) electrons. The smallest absolute Gasteiger partial charge is 0.200 e. The van der Waals surface area contributed by atoms with Gasteiger partial charge < -0.3 is 95.9 Å². The lowest BCUT2D eigenvalue weighted by Crippen LogP contribution is -2.39. The van der Waals surface area contributed by atoms with Crippen LogP contribution in [0.3, 0.4) is 0 Å². The minimum atomic E-state index is -1.96. The molecule has 0 aliphatic carbocycles. The van der Waals surface area contributed by atoms with Gasteiger partial charge in [0, 0.05) is 64.1 Å². The molecule has 0 amide bonds. The lowest BCUT2D eigenvalue weighted by Gasteiger charge is -2.43. The van der Waals surface area contributed by atoms with Crippen molar-refractivity contribution in [2.75, 3.05) is 0 Å². The lowest BCUT2D eigenvalue weighted by molar-refractivity contribution is -0.00565. The van der Waals surface area contributed by atoms with Crippen LogP contribution in [0, 0.1) is 0 Å². The maximum Gasteiger partial charge on any atom is 0.200 e. The van der Waals surface area contributed by atoms with Gasteiger partial charge in [-0.15, -0.1) is 0 Å². The molecule has 0 unspecified atom stereocenters. The number of aliphatic hydroxyl groups excluding tert-OH is 3. The topological polar surface area (TPSA) is 351 Å². The van der Waals surface area contributed by atoms with E-state index in [1.165, 1.54) is 12.1 Å². The number of fused-ring (bicyclic) bond motifs is 3. The molecular weight excluding hydrogens is 844 g/mol. The molecule has 6 aromatic rings. The van der Waals surface area contributed by atoms with Crippen molar-refractivity contribution >= 4 is 0 Å². The van der Waals surface area contributed by atoms with E-state index >= 15 is 0 Å². The normalized spacial score (nSPS) is 23.4. The number of ether oxygens (including phenoxy) is 3. The number of aliphatic hydroxyl groups is 3. The Morgan fingerprint density at radius 2 is 0.828 bits per heavy atom. The van der Waals surface area contributed by atoms with Gasteiger partial charge in [-0.3, -0.25) is 0 Å². The third-order valence-corrected chi connectivity index (χ3v) is 11.9. The molecule has 0 aromatic heterocycles. The molecule has 3 aliphatic heterocycles. The van der Waals surface area contributed by atoms with Crippen molar-refractivity contribution in [1.29, 1.82) is 0 Å². The highest BCUT2D eigenvalue weighted by Gasteiger charge is 2.51. The van der Waals surface area contributed by atoms with Gasteiger partial charge in [-0.05, 0) is 47.5 Å². The van der Waals surface area contributed by atoms with Crippen LogP contribution in [0.25, 0.3) is 0 Å².